The predicted octanol–water partition coefficient (Wildman–Crippen LogP) is 0.0244. The van der Waals surface area contributed by atoms with Gasteiger partial charge in [0.1, 0.15) is 12.1 Å². The van der Waals surface area contributed by atoms with Crippen molar-refractivity contribution in [2.45, 2.75) is 51.8 Å². The average molecular weight is 367 g/mol. The van der Waals surface area contributed by atoms with E-state index >= 15 is 0 Å². The van der Waals surface area contributed by atoms with E-state index in [1.165, 1.54) is 6.92 Å². The Hall–Kier alpha value is -2.45. The molecule has 0 aliphatic rings. The third-order valence-electron chi connectivity index (χ3n) is 3.36. The highest BCUT2D eigenvalue weighted by Gasteiger charge is 2.22. The Bertz CT molecular complexity index is 575. The van der Waals surface area contributed by atoms with Crippen molar-refractivity contribution in [2.75, 3.05) is 0 Å². The number of primary amides is 1. The molecule has 7 N–H and O–H groups in total. The fraction of sp³-hybridized carbons (Fsp3) is 0.500. The van der Waals surface area contributed by atoms with Gasteiger partial charge in [-0.25, -0.2) is 4.79 Å². The molecular formula is C18H29N3O5. The van der Waals surface area contributed by atoms with E-state index < -0.39 is 30.1 Å². The molecule has 0 spiro atoms. The lowest BCUT2D eigenvalue weighted by Crippen LogP contribution is -2.51. The van der Waals surface area contributed by atoms with Gasteiger partial charge < -0.3 is 27.0 Å². The first-order valence-corrected chi connectivity index (χ1v) is 8.34. The Morgan fingerprint density at radius 1 is 1.12 bits per heavy atom. The number of hydrogen-bond acceptors (Lipinski definition) is 5. The van der Waals surface area contributed by atoms with Gasteiger partial charge in [0.15, 0.2) is 0 Å². The van der Waals surface area contributed by atoms with Gasteiger partial charge in [0.05, 0.1) is 6.04 Å². The second kappa shape index (κ2) is 12.0. The van der Waals surface area contributed by atoms with Gasteiger partial charge >= 0.3 is 5.97 Å². The van der Waals surface area contributed by atoms with E-state index in [2.05, 4.69) is 5.32 Å². The van der Waals surface area contributed by atoms with Crippen LogP contribution in [0, 0.1) is 5.92 Å². The molecule has 0 bridgehead atoms. The van der Waals surface area contributed by atoms with Crippen molar-refractivity contribution in [2.24, 2.45) is 17.4 Å². The third-order valence-corrected chi connectivity index (χ3v) is 3.36. The van der Waals surface area contributed by atoms with Crippen molar-refractivity contribution in [3.63, 3.8) is 0 Å². The number of aliphatic hydroxyl groups excluding tert-OH is 1. The number of carbonyl (C=O) groups excluding carboxylic acids is 2. The summed E-state index contributed by atoms with van der Waals surface area (Å²) in [5.41, 5.74) is 12.1. The first-order chi connectivity index (χ1) is 12.0. The predicted molar refractivity (Wildman–Crippen MR) is 98.0 cm³/mol. The first-order valence-electron chi connectivity index (χ1n) is 8.34. The molecule has 0 aromatic heterocycles. The van der Waals surface area contributed by atoms with Crippen LogP contribution in [0.15, 0.2) is 30.3 Å². The summed E-state index contributed by atoms with van der Waals surface area (Å²) in [6.45, 7) is 5.13. The van der Waals surface area contributed by atoms with E-state index in [1.54, 1.807) is 0 Å². The molecule has 0 saturated carbocycles. The maximum absolute atomic E-state index is 12.0. The molecule has 1 unspecified atom stereocenters. The van der Waals surface area contributed by atoms with Crippen LogP contribution < -0.4 is 16.8 Å². The third kappa shape index (κ3) is 10.4. The zero-order chi connectivity index (χ0) is 20.3. The summed E-state index contributed by atoms with van der Waals surface area (Å²) in [5, 5.41) is 18.4. The molecule has 1 rings (SSSR count). The van der Waals surface area contributed by atoms with E-state index in [1.807, 2.05) is 44.2 Å². The second-order valence-corrected chi connectivity index (χ2v) is 6.40. The molecule has 26 heavy (non-hydrogen) atoms. The van der Waals surface area contributed by atoms with Crippen LogP contribution in [0.3, 0.4) is 0 Å². The lowest BCUT2D eigenvalue weighted by molar-refractivity contribution is -0.145. The molecule has 146 valence electrons. The molecule has 8 nitrogen and oxygen atoms in total. The molecule has 3 atom stereocenters. The SMILES string of the molecule is CC(C)C[C@@H](NC(=O)[C@H](N)Cc1ccccc1)C(N)=O.CC(O)C(=O)O. The molecule has 0 aliphatic carbocycles. The van der Waals surface area contributed by atoms with E-state index in [0.717, 1.165) is 5.56 Å². The normalized spacial score (nSPS) is 13.8. The smallest absolute Gasteiger partial charge is 0.332 e. The lowest BCUT2D eigenvalue weighted by Gasteiger charge is -2.20. The number of hydrogen-bond donors (Lipinski definition) is 5. The maximum atomic E-state index is 12.0. The van der Waals surface area contributed by atoms with Crippen LogP contribution in [0.1, 0.15) is 32.8 Å². The Labute approximate surface area is 153 Å². The minimum Gasteiger partial charge on any atom is -0.479 e. The van der Waals surface area contributed by atoms with Gasteiger partial charge in [-0.3, -0.25) is 9.59 Å². The van der Waals surface area contributed by atoms with Gasteiger partial charge in [-0.1, -0.05) is 44.2 Å². The topological polar surface area (TPSA) is 156 Å². The zero-order valence-corrected chi connectivity index (χ0v) is 15.4. The summed E-state index contributed by atoms with van der Waals surface area (Å²) in [6, 6.07) is 8.16. The number of amides is 2. The number of aliphatic carboxylic acids is 1. The number of carboxylic acids is 1. The van der Waals surface area contributed by atoms with Crippen LogP contribution in [0.4, 0.5) is 0 Å². The van der Waals surface area contributed by atoms with Gasteiger partial charge in [0.25, 0.3) is 0 Å². The quantitative estimate of drug-likeness (QED) is 0.436. The molecule has 8 heteroatoms. The number of carbonyl (C=O) groups is 3. The van der Waals surface area contributed by atoms with Crippen molar-refractivity contribution in [1.82, 2.24) is 5.32 Å². The Balaban J connectivity index is 0.000000896. The fourth-order valence-corrected chi connectivity index (χ4v) is 1.96. The van der Waals surface area contributed by atoms with Gasteiger partial charge in [-0.2, -0.15) is 0 Å². The van der Waals surface area contributed by atoms with Crippen LogP contribution in [0.5, 0.6) is 0 Å². The van der Waals surface area contributed by atoms with Gasteiger partial charge in [-0.05, 0) is 31.2 Å². The minimum absolute atomic E-state index is 0.262. The van der Waals surface area contributed by atoms with E-state index in [4.69, 9.17) is 21.7 Å². The van der Waals surface area contributed by atoms with Gasteiger partial charge in [-0.15, -0.1) is 0 Å². The van der Waals surface area contributed by atoms with Crippen LogP contribution in [0.25, 0.3) is 0 Å². The second-order valence-electron chi connectivity index (χ2n) is 6.40. The highest BCUT2D eigenvalue weighted by atomic mass is 16.4. The van der Waals surface area contributed by atoms with Crippen LogP contribution in [-0.4, -0.2) is 46.2 Å². The molecule has 2 amide bonds. The van der Waals surface area contributed by atoms with Crippen molar-refractivity contribution >= 4 is 17.8 Å². The highest BCUT2D eigenvalue weighted by Crippen LogP contribution is 2.06. The first kappa shape index (κ1) is 23.5. The number of nitrogens with one attached hydrogen (secondary N) is 1. The molecule has 0 heterocycles. The number of carboxylic acid groups (broad SMARTS) is 1. The molecule has 1 aromatic rings. The van der Waals surface area contributed by atoms with Gasteiger partial charge in [0, 0.05) is 0 Å². The van der Waals surface area contributed by atoms with Crippen molar-refractivity contribution < 1.29 is 24.6 Å². The number of benzene rings is 1. The molecule has 0 aliphatic heterocycles. The Morgan fingerprint density at radius 2 is 1.62 bits per heavy atom. The maximum Gasteiger partial charge on any atom is 0.332 e. The Morgan fingerprint density at radius 3 is 2.00 bits per heavy atom. The summed E-state index contributed by atoms with van der Waals surface area (Å²) in [4.78, 5) is 32.8. The van der Waals surface area contributed by atoms with Crippen LogP contribution in [-0.2, 0) is 20.8 Å². The van der Waals surface area contributed by atoms with E-state index in [9.17, 15) is 14.4 Å². The Kier molecular flexibility index (Phi) is 10.9. The van der Waals surface area contributed by atoms with Gasteiger partial charge in [0.2, 0.25) is 11.8 Å². The average Bonchev–Trinajstić information content (AvgIpc) is 2.55. The van der Waals surface area contributed by atoms with Crippen molar-refractivity contribution in [3.8, 4) is 0 Å². The van der Waals surface area contributed by atoms with E-state index in [-0.39, 0.29) is 11.8 Å². The summed E-state index contributed by atoms with van der Waals surface area (Å²) < 4.78 is 0. The monoisotopic (exact) mass is 367 g/mol. The highest BCUT2D eigenvalue weighted by molar-refractivity contribution is 5.89. The molecule has 1 aromatic carbocycles. The van der Waals surface area contributed by atoms with Crippen molar-refractivity contribution in [1.29, 1.82) is 0 Å². The molecule has 0 saturated heterocycles. The van der Waals surface area contributed by atoms with Crippen LogP contribution in [0.2, 0.25) is 0 Å². The molecular weight excluding hydrogens is 338 g/mol. The fourth-order valence-electron chi connectivity index (χ4n) is 1.96. The molecule has 0 radical (unpaired) electrons. The standard InChI is InChI=1S/C15H23N3O2.C3H6O3/c1-10(2)8-13(14(17)19)18-15(20)12(16)9-11-6-4-3-5-7-11;1-2(4)3(5)6/h3-7,10,12-13H,8-9,16H2,1-2H3,(H2,17,19)(H,18,20);2,4H,1H3,(H,5,6)/t12-,13-;/m1./s1. The lowest BCUT2D eigenvalue weighted by atomic mass is 10.0. The van der Waals surface area contributed by atoms with Crippen molar-refractivity contribution in [3.05, 3.63) is 35.9 Å². The molecule has 0 fully saturated rings. The zero-order valence-electron chi connectivity index (χ0n) is 15.4. The summed E-state index contributed by atoms with van der Waals surface area (Å²) in [5.74, 6) is -1.80. The largest absolute Gasteiger partial charge is 0.479 e. The van der Waals surface area contributed by atoms with E-state index in [0.29, 0.717) is 12.8 Å². The number of nitrogens with two attached hydrogens (primary N) is 2. The minimum atomic E-state index is -1.23. The summed E-state index contributed by atoms with van der Waals surface area (Å²) in [6.07, 6.45) is -0.288. The summed E-state index contributed by atoms with van der Waals surface area (Å²) >= 11 is 0. The number of aliphatic hydroxyl groups is 1. The van der Waals surface area contributed by atoms with Crippen LogP contribution >= 0.6 is 0 Å². The summed E-state index contributed by atoms with van der Waals surface area (Å²) in [7, 11) is 0. The number of rotatable bonds is 8.